The van der Waals surface area contributed by atoms with E-state index < -0.39 is 0 Å². The molecule has 1 saturated heterocycles. The Morgan fingerprint density at radius 1 is 1.28 bits per heavy atom. The number of nitrogens with zero attached hydrogens (tertiary/aromatic N) is 2. The highest BCUT2D eigenvalue weighted by Crippen LogP contribution is 2.27. The van der Waals surface area contributed by atoms with E-state index >= 15 is 0 Å². The van der Waals surface area contributed by atoms with Crippen LogP contribution in [0.2, 0.25) is 0 Å². The molecule has 0 aliphatic carbocycles. The Balaban J connectivity index is 2.31. The molecule has 2 N–H and O–H groups in total. The van der Waals surface area contributed by atoms with E-state index in [2.05, 4.69) is 16.8 Å². The molecule has 1 aromatic rings. The van der Waals surface area contributed by atoms with Crippen LogP contribution < -0.4 is 15.4 Å². The van der Waals surface area contributed by atoms with Crippen molar-refractivity contribution >= 4 is 22.9 Å². The molecule has 1 aliphatic rings. The highest BCUT2D eigenvalue weighted by molar-refractivity contribution is 7.80. The summed E-state index contributed by atoms with van der Waals surface area (Å²) in [5.74, 6) is 0.837. The average molecular weight is 265 g/mol. The molecule has 1 aromatic carbocycles. The van der Waals surface area contributed by atoms with Crippen molar-refractivity contribution in [2.45, 2.75) is 0 Å². The molecule has 0 saturated carbocycles. The minimum Gasteiger partial charge on any atom is -0.497 e. The predicted molar refractivity (Wildman–Crippen MR) is 78.6 cm³/mol. The van der Waals surface area contributed by atoms with E-state index in [1.54, 1.807) is 7.11 Å². The maximum absolute atomic E-state index is 5.79. The molecule has 5 heteroatoms. The van der Waals surface area contributed by atoms with Gasteiger partial charge in [-0.3, -0.25) is 0 Å². The Morgan fingerprint density at radius 3 is 2.50 bits per heavy atom. The second-order valence-electron chi connectivity index (χ2n) is 4.54. The summed E-state index contributed by atoms with van der Waals surface area (Å²) in [5.41, 5.74) is 7.80. The quantitative estimate of drug-likeness (QED) is 0.828. The molecule has 2 rings (SSSR count). The Morgan fingerprint density at radius 2 is 1.94 bits per heavy atom. The van der Waals surface area contributed by atoms with Crippen LogP contribution in [0, 0.1) is 0 Å². The Labute approximate surface area is 113 Å². The number of ether oxygens (including phenoxy) is 1. The zero-order chi connectivity index (χ0) is 13.1. The van der Waals surface area contributed by atoms with Crippen LogP contribution in [0.15, 0.2) is 18.2 Å². The van der Waals surface area contributed by atoms with Gasteiger partial charge >= 0.3 is 0 Å². The van der Waals surface area contributed by atoms with Gasteiger partial charge < -0.3 is 20.3 Å². The van der Waals surface area contributed by atoms with E-state index in [-0.39, 0.29) is 0 Å². The smallest absolute Gasteiger partial charge is 0.120 e. The van der Waals surface area contributed by atoms with Crippen LogP contribution in [0.5, 0.6) is 5.75 Å². The topological polar surface area (TPSA) is 41.7 Å². The fourth-order valence-electron chi connectivity index (χ4n) is 2.16. The summed E-state index contributed by atoms with van der Waals surface area (Å²) in [4.78, 5) is 5.07. The Hall–Kier alpha value is -1.33. The van der Waals surface area contributed by atoms with E-state index in [0.717, 1.165) is 43.2 Å². The molecule has 4 nitrogen and oxygen atoms in total. The van der Waals surface area contributed by atoms with Gasteiger partial charge in [0, 0.05) is 37.8 Å². The van der Waals surface area contributed by atoms with Gasteiger partial charge in [-0.2, -0.15) is 0 Å². The van der Waals surface area contributed by atoms with Gasteiger partial charge in [0.15, 0.2) is 0 Å². The first-order valence-electron chi connectivity index (χ1n) is 6.03. The lowest BCUT2D eigenvalue weighted by Crippen LogP contribution is -2.45. The number of likely N-dealkylation sites (N-methyl/N-ethyl adjacent to an activating group) is 1. The van der Waals surface area contributed by atoms with E-state index in [1.807, 2.05) is 18.2 Å². The fourth-order valence-corrected chi connectivity index (χ4v) is 2.33. The molecular formula is C13H19N3OS. The number of rotatable bonds is 3. The number of piperazine rings is 1. The fraction of sp³-hybridized carbons (Fsp3) is 0.462. The van der Waals surface area contributed by atoms with Gasteiger partial charge in [-0.1, -0.05) is 12.2 Å². The lowest BCUT2D eigenvalue weighted by Gasteiger charge is -2.35. The molecule has 0 bridgehead atoms. The van der Waals surface area contributed by atoms with Crippen LogP contribution >= 0.6 is 12.2 Å². The lowest BCUT2D eigenvalue weighted by atomic mass is 10.1. The zero-order valence-corrected chi connectivity index (χ0v) is 11.7. The molecule has 0 unspecified atom stereocenters. The lowest BCUT2D eigenvalue weighted by molar-refractivity contribution is 0.312. The molecule has 0 atom stereocenters. The van der Waals surface area contributed by atoms with Crippen LogP contribution in [0.4, 0.5) is 5.69 Å². The maximum Gasteiger partial charge on any atom is 0.120 e. The molecule has 0 aromatic heterocycles. The van der Waals surface area contributed by atoms with Gasteiger partial charge in [0.25, 0.3) is 0 Å². The van der Waals surface area contributed by atoms with Crippen LogP contribution in [-0.4, -0.2) is 50.2 Å². The first kappa shape index (κ1) is 13.1. The molecule has 98 valence electrons. The Bertz CT molecular complexity index is 442. The van der Waals surface area contributed by atoms with Crippen LogP contribution in [0.25, 0.3) is 0 Å². The third kappa shape index (κ3) is 2.73. The molecule has 0 radical (unpaired) electrons. The number of methoxy groups -OCH3 is 1. The minimum absolute atomic E-state index is 0.437. The Kier molecular flexibility index (Phi) is 4.04. The number of nitrogens with two attached hydrogens (primary N) is 1. The van der Waals surface area contributed by atoms with E-state index in [0.29, 0.717) is 4.99 Å². The van der Waals surface area contributed by atoms with Crippen LogP contribution in [0.3, 0.4) is 0 Å². The van der Waals surface area contributed by atoms with Crippen molar-refractivity contribution < 1.29 is 4.74 Å². The first-order valence-corrected chi connectivity index (χ1v) is 6.44. The van der Waals surface area contributed by atoms with Gasteiger partial charge in [0.2, 0.25) is 0 Å². The third-order valence-corrected chi connectivity index (χ3v) is 3.53. The molecule has 18 heavy (non-hydrogen) atoms. The minimum atomic E-state index is 0.437. The number of hydrogen-bond donors (Lipinski definition) is 1. The second kappa shape index (κ2) is 5.54. The summed E-state index contributed by atoms with van der Waals surface area (Å²) in [6.45, 7) is 4.07. The highest BCUT2D eigenvalue weighted by atomic mass is 32.1. The predicted octanol–water partition coefficient (Wildman–Crippen LogP) is 1.08. The zero-order valence-electron chi connectivity index (χ0n) is 10.8. The molecule has 0 spiro atoms. The summed E-state index contributed by atoms with van der Waals surface area (Å²) < 4.78 is 5.28. The van der Waals surface area contributed by atoms with Gasteiger partial charge in [-0.05, 0) is 19.2 Å². The van der Waals surface area contributed by atoms with E-state index in [9.17, 15) is 0 Å². The maximum atomic E-state index is 5.79. The highest BCUT2D eigenvalue weighted by Gasteiger charge is 2.18. The molecule has 0 amide bonds. The van der Waals surface area contributed by atoms with Gasteiger partial charge in [-0.25, -0.2) is 0 Å². The number of benzene rings is 1. The van der Waals surface area contributed by atoms with Crippen LogP contribution in [-0.2, 0) is 0 Å². The molecule has 1 aliphatic heterocycles. The summed E-state index contributed by atoms with van der Waals surface area (Å²) in [6.07, 6.45) is 0. The van der Waals surface area contributed by atoms with E-state index in [1.165, 1.54) is 0 Å². The molecule has 1 heterocycles. The number of hydrogen-bond acceptors (Lipinski definition) is 4. The normalized spacial score (nSPS) is 16.7. The van der Waals surface area contributed by atoms with Crippen molar-refractivity contribution in [3.8, 4) is 5.75 Å². The standard InChI is InChI=1S/C13H19N3OS/c1-15-5-7-16(8-6-15)12-9-10(17-2)3-4-11(12)13(14)18/h3-4,9H,5-8H2,1-2H3,(H2,14,18). The summed E-state index contributed by atoms with van der Waals surface area (Å²) >= 11 is 5.12. The van der Waals surface area contributed by atoms with Gasteiger partial charge in [0.1, 0.15) is 10.7 Å². The molecule has 1 fully saturated rings. The SMILES string of the molecule is COc1ccc(C(N)=S)c(N2CCN(C)CC2)c1. The first-order chi connectivity index (χ1) is 8.61. The van der Waals surface area contributed by atoms with Crippen molar-refractivity contribution in [3.63, 3.8) is 0 Å². The van der Waals surface area contributed by atoms with Crippen molar-refractivity contribution in [2.75, 3.05) is 45.2 Å². The largest absolute Gasteiger partial charge is 0.497 e. The van der Waals surface area contributed by atoms with Crippen molar-refractivity contribution in [2.24, 2.45) is 5.73 Å². The van der Waals surface area contributed by atoms with Crippen molar-refractivity contribution in [3.05, 3.63) is 23.8 Å². The van der Waals surface area contributed by atoms with Crippen molar-refractivity contribution in [1.29, 1.82) is 0 Å². The summed E-state index contributed by atoms with van der Waals surface area (Å²) in [5, 5.41) is 0. The van der Waals surface area contributed by atoms with Crippen molar-refractivity contribution in [1.82, 2.24) is 4.90 Å². The van der Waals surface area contributed by atoms with Crippen LogP contribution in [0.1, 0.15) is 5.56 Å². The molecular weight excluding hydrogens is 246 g/mol. The van der Waals surface area contributed by atoms with Gasteiger partial charge in [-0.15, -0.1) is 0 Å². The average Bonchev–Trinajstić information content (AvgIpc) is 2.38. The third-order valence-electron chi connectivity index (χ3n) is 3.31. The van der Waals surface area contributed by atoms with E-state index in [4.69, 9.17) is 22.7 Å². The summed E-state index contributed by atoms with van der Waals surface area (Å²) in [6, 6.07) is 5.85. The van der Waals surface area contributed by atoms with Gasteiger partial charge in [0.05, 0.1) is 12.8 Å². The number of anilines is 1. The second-order valence-corrected chi connectivity index (χ2v) is 4.98. The number of thiocarbonyl (C=S) groups is 1. The summed E-state index contributed by atoms with van der Waals surface area (Å²) in [7, 11) is 3.81. The monoisotopic (exact) mass is 265 g/mol.